The normalized spacial score (nSPS) is 10.5. The lowest BCUT2D eigenvalue weighted by Crippen LogP contribution is -2.45. The molecular formula is C12H15NO4. The molecule has 0 aliphatic heterocycles. The summed E-state index contributed by atoms with van der Waals surface area (Å²) in [4.78, 5) is 21.5. The molecule has 0 spiro atoms. The molecule has 1 rings (SSSR count). The summed E-state index contributed by atoms with van der Waals surface area (Å²) in [5, 5.41) is 2.41. The maximum absolute atomic E-state index is 11.4. The Balaban J connectivity index is 2.38. The lowest BCUT2D eigenvalue weighted by Gasteiger charge is -2.23. The molecular weight excluding hydrogens is 222 g/mol. The van der Waals surface area contributed by atoms with Crippen molar-refractivity contribution in [2.24, 2.45) is 0 Å². The summed E-state index contributed by atoms with van der Waals surface area (Å²) < 4.78 is 9.62. The van der Waals surface area contributed by atoms with Crippen molar-refractivity contribution >= 4 is 12.6 Å². The molecule has 0 aromatic heterocycles. The van der Waals surface area contributed by atoms with Gasteiger partial charge >= 0.3 is 6.09 Å². The van der Waals surface area contributed by atoms with Crippen molar-refractivity contribution in [3.63, 3.8) is 0 Å². The molecule has 1 N–H and O–H groups in total. The fourth-order valence-electron chi connectivity index (χ4n) is 1.15. The molecule has 0 unspecified atom stereocenters. The third-order valence-electron chi connectivity index (χ3n) is 1.96. The Kier molecular flexibility index (Phi) is 4.51. The summed E-state index contributed by atoms with van der Waals surface area (Å²) in [7, 11) is 0. The van der Waals surface area contributed by atoms with Gasteiger partial charge in [-0.3, -0.25) is 10.1 Å². The Morgan fingerprint density at radius 2 is 2.00 bits per heavy atom. The van der Waals surface area contributed by atoms with Crippen LogP contribution in [0.4, 0.5) is 4.79 Å². The summed E-state index contributed by atoms with van der Waals surface area (Å²) >= 11 is 0. The molecule has 0 saturated heterocycles. The van der Waals surface area contributed by atoms with Gasteiger partial charge in [0, 0.05) is 0 Å². The molecule has 92 valence electrons. The van der Waals surface area contributed by atoms with Gasteiger partial charge in [0.05, 0.1) is 0 Å². The minimum absolute atomic E-state index is 0.170. The SMILES string of the molecule is CC(C)(NC(=O)OCc1ccccc1)OC=O. The average molecular weight is 237 g/mol. The van der Waals surface area contributed by atoms with Crippen LogP contribution in [-0.4, -0.2) is 18.3 Å². The van der Waals surface area contributed by atoms with Gasteiger partial charge in [0.15, 0.2) is 5.72 Å². The third-order valence-corrected chi connectivity index (χ3v) is 1.96. The Hall–Kier alpha value is -2.04. The highest BCUT2D eigenvalue weighted by Gasteiger charge is 2.21. The summed E-state index contributed by atoms with van der Waals surface area (Å²) in [6.45, 7) is 3.54. The number of benzene rings is 1. The van der Waals surface area contributed by atoms with E-state index >= 15 is 0 Å². The van der Waals surface area contributed by atoms with Gasteiger partial charge in [-0.05, 0) is 19.4 Å². The van der Waals surface area contributed by atoms with Crippen molar-refractivity contribution in [1.82, 2.24) is 5.32 Å². The molecule has 17 heavy (non-hydrogen) atoms. The van der Waals surface area contributed by atoms with E-state index in [4.69, 9.17) is 4.74 Å². The summed E-state index contributed by atoms with van der Waals surface area (Å²) in [5.74, 6) is 0. The van der Waals surface area contributed by atoms with Crippen LogP contribution in [0.3, 0.4) is 0 Å². The molecule has 0 radical (unpaired) electrons. The van der Waals surface area contributed by atoms with Crippen molar-refractivity contribution < 1.29 is 19.1 Å². The molecule has 0 atom stereocenters. The van der Waals surface area contributed by atoms with Gasteiger partial charge < -0.3 is 9.47 Å². The molecule has 0 bridgehead atoms. The first-order chi connectivity index (χ1) is 8.03. The zero-order valence-electron chi connectivity index (χ0n) is 9.80. The maximum Gasteiger partial charge on any atom is 0.410 e. The van der Waals surface area contributed by atoms with E-state index in [1.165, 1.54) is 0 Å². The highest BCUT2D eigenvalue weighted by molar-refractivity contribution is 5.68. The largest absolute Gasteiger partial charge is 0.445 e. The minimum Gasteiger partial charge on any atom is -0.445 e. The van der Waals surface area contributed by atoms with Crippen molar-refractivity contribution in [2.75, 3.05) is 0 Å². The van der Waals surface area contributed by atoms with Crippen LogP contribution < -0.4 is 5.32 Å². The van der Waals surface area contributed by atoms with Crippen LogP contribution >= 0.6 is 0 Å². The zero-order chi connectivity index (χ0) is 12.7. The second-order valence-corrected chi connectivity index (χ2v) is 3.91. The number of rotatable bonds is 5. The van der Waals surface area contributed by atoms with Crippen molar-refractivity contribution in [1.29, 1.82) is 0 Å². The maximum atomic E-state index is 11.4. The van der Waals surface area contributed by atoms with Crippen LogP contribution in [0.15, 0.2) is 30.3 Å². The summed E-state index contributed by atoms with van der Waals surface area (Å²) in [6, 6.07) is 9.29. The number of amides is 1. The van der Waals surface area contributed by atoms with Crippen LogP contribution in [0.25, 0.3) is 0 Å². The van der Waals surface area contributed by atoms with Crippen molar-refractivity contribution in [3.8, 4) is 0 Å². The second-order valence-electron chi connectivity index (χ2n) is 3.91. The topological polar surface area (TPSA) is 64.6 Å². The van der Waals surface area contributed by atoms with Gasteiger partial charge in [-0.1, -0.05) is 30.3 Å². The van der Waals surface area contributed by atoms with Crippen LogP contribution in [0.2, 0.25) is 0 Å². The van der Waals surface area contributed by atoms with E-state index in [1.807, 2.05) is 30.3 Å². The molecule has 1 aromatic carbocycles. The lowest BCUT2D eigenvalue weighted by molar-refractivity contribution is -0.142. The van der Waals surface area contributed by atoms with Gasteiger partial charge in [-0.25, -0.2) is 4.79 Å². The second kappa shape index (κ2) is 5.89. The molecule has 0 aliphatic rings. The van der Waals surface area contributed by atoms with Gasteiger partial charge in [0.25, 0.3) is 6.47 Å². The summed E-state index contributed by atoms with van der Waals surface area (Å²) in [5.41, 5.74) is -0.188. The molecule has 5 heteroatoms. The van der Waals surface area contributed by atoms with E-state index in [0.29, 0.717) is 0 Å². The smallest absolute Gasteiger partial charge is 0.410 e. The summed E-state index contributed by atoms with van der Waals surface area (Å²) in [6.07, 6.45) is -0.638. The Morgan fingerprint density at radius 1 is 1.35 bits per heavy atom. The lowest BCUT2D eigenvalue weighted by atomic mass is 10.2. The number of alkyl carbamates (subject to hydrolysis) is 1. The fraction of sp³-hybridized carbons (Fsp3) is 0.333. The highest BCUT2D eigenvalue weighted by Crippen LogP contribution is 2.04. The van der Waals surface area contributed by atoms with Gasteiger partial charge in [-0.2, -0.15) is 0 Å². The minimum atomic E-state index is -1.07. The first-order valence-electron chi connectivity index (χ1n) is 5.14. The van der Waals surface area contributed by atoms with Crippen LogP contribution in [-0.2, 0) is 20.9 Å². The molecule has 1 amide bonds. The Bertz CT molecular complexity index is 375. The Morgan fingerprint density at radius 3 is 2.59 bits per heavy atom. The van der Waals surface area contributed by atoms with E-state index in [9.17, 15) is 9.59 Å². The molecule has 0 saturated carbocycles. The van der Waals surface area contributed by atoms with E-state index < -0.39 is 11.8 Å². The van der Waals surface area contributed by atoms with E-state index in [1.54, 1.807) is 13.8 Å². The van der Waals surface area contributed by atoms with Crippen LogP contribution in [0.5, 0.6) is 0 Å². The first kappa shape index (κ1) is 13.0. The van der Waals surface area contributed by atoms with Crippen molar-refractivity contribution in [3.05, 3.63) is 35.9 Å². The van der Waals surface area contributed by atoms with E-state index in [-0.39, 0.29) is 13.1 Å². The van der Waals surface area contributed by atoms with Gasteiger partial charge in [0.2, 0.25) is 0 Å². The number of hydrogen-bond donors (Lipinski definition) is 1. The zero-order valence-corrected chi connectivity index (χ0v) is 9.80. The van der Waals surface area contributed by atoms with Gasteiger partial charge in [-0.15, -0.1) is 0 Å². The van der Waals surface area contributed by atoms with E-state index in [0.717, 1.165) is 5.56 Å². The molecule has 0 fully saturated rings. The molecule has 0 heterocycles. The quantitative estimate of drug-likeness (QED) is 0.626. The molecule has 1 aromatic rings. The third kappa shape index (κ3) is 5.01. The number of nitrogens with one attached hydrogen (secondary N) is 1. The molecule has 5 nitrogen and oxygen atoms in total. The Labute approximate surface area is 99.7 Å². The van der Waals surface area contributed by atoms with Crippen LogP contribution in [0, 0.1) is 0 Å². The first-order valence-corrected chi connectivity index (χ1v) is 5.14. The van der Waals surface area contributed by atoms with Gasteiger partial charge in [0.1, 0.15) is 6.61 Å². The predicted octanol–water partition coefficient (Wildman–Crippen LogP) is 1.82. The van der Waals surface area contributed by atoms with Crippen LogP contribution in [0.1, 0.15) is 19.4 Å². The number of carbonyl (C=O) groups is 2. The fourth-order valence-corrected chi connectivity index (χ4v) is 1.15. The standard InChI is InChI=1S/C12H15NO4/c1-12(2,17-9-14)13-11(15)16-8-10-6-4-3-5-7-10/h3-7,9H,8H2,1-2H3,(H,13,15). The highest BCUT2D eigenvalue weighted by atomic mass is 16.6. The number of carbonyl (C=O) groups excluding carboxylic acids is 2. The molecule has 0 aliphatic carbocycles. The van der Waals surface area contributed by atoms with Crippen molar-refractivity contribution in [2.45, 2.75) is 26.2 Å². The number of hydrogen-bond acceptors (Lipinski definition) is 4. The van der Waals surface area contributed by atoms with E-state index in [2.05, 4.69) is 10.1 Å². The average Bonchev–Trinajstić information content (AvgIpc) is 2.27. The predicted molar refractivity (Wildman–Crippen MR) is 61.0 cm³/mol. The monoisotopic (exact) mass is 237 g/mol. The number of ether oxygens (including phenoxy) is 2.